The van der Waals surface area contributed by atoms with Crippen LogP contribution in [0.1, 0.15) is 5.56 Å². The lowest BCUT2D eigenvalue weighted by Crippen LogP contribution is -2.14. The van der Waals surface area contributed by atoms with Gasteiger partial charge in [0.25, 0.3) is 0 Å². The molecule has 0 saturated heterocycles. The van der Waals surface area contributed by atoms with Gasteiger partial charge >= 0.3 is 0 Å². The van der Waals surface area contributed by atoms with Crippen LogP contribution in [0.3, 0.4) is 0 Å². The van der Waals surface area contributed by atoms with Gasteiger partial charge < -0.3 is 4.74 Å². The van der Waals surface area contributed by atoms with Gasteiger partial charge in [0.2, 0.25) is 0 Å². The maximum Gasteiger partial charge on any atom is 0.174 e. The van der Waals surface area contributed by atoms with Gasteiger partial charge in [0.15, 0.2) is 5.78 Å². The average molecular weight is 295 g/mol. The van der Waals surface area contributed by atoms with Gasteiger partial charge in [-0.05, 0) is 23.8 Å². The van der Waals surface area contributed by atoms with E-state index in [2.05, 4.69) is 0 Å². The third-order valence-corrected chi connectivity index (χ3v) is 3.42. The predicted octanol–water partition coefficient (Wildman–Crippen LogP) is 4.18. The molecule has 0 fully saturated rings. The zero-order valence-electron chi connectivity index (χ0n) is 10.1. The first-order valence-electron chi connectivity index (χ1n) is 5.79. The fourth-order valence-corrected chi connectivity index (χ4v) is 2.02. The fourth-order valence-electron chi connectivity index (χ4n) is 1.63. The molecule has 0 amide bonds. The quantitative estimate of drug-likeness (QED) is 0.827. The Labute approximate surface area is 121 Å². The molecule has 2 nitrogen and oxygen atoms in total. The molecular formula is C15H12Cl2O2. The van der Waals surface area contributed by atoms with Crippen LogP contribution in [0.25, 0.3) is 0 Å². The molecule has 0 N–H and O–H groups in total. The van der Waals surface area contributed by atoms with Crippen molar-refractivity contribution in [3.05, 3.63) is 64.1 Å². The average Bonchev–Trinajstić information content (AvgIpc) is 2.43. The highest BCUT2D eigenvalue weighted by molar-refractivity contribution is 6.42. The molecule has 0 atom stereocenters. The summed E-state index contributed by atoms with van der Waals surface area (Å²) in [5.74, 6) is 0.626. The number of carbonyl (C=O) groups excluding carboxylic acids is 1. The lowest BCUT2D eigenvalue weighted by molar-refractivity contribution is -0.120. The van der Waals surface area contributed by atoms with E-state index in [1.807, 2.05) is 18.2 Å². The van der Waals surface area contributed by atoms with Crippen molar-refractivity contribution in [3.63, 3.8) is 0 Å². The van der Waals surface area contributed by atoms with Crippen molar-refractivity contribution in [2.24, 2.45) is 0 Å². The van der Waals surface area contributed by atoms with E-state index in [0.717, 1.165) is 5.56 Å². The van der Waals surface area contributed by atoms with Crippen LogP contribution < -0.4 is 4.74 Å². The topological polar surface area (TPSA) is 26.3 Å². The Morgan fingerprint density at radius 3 is 2.47 bits per heavy atom. The van der Waals surface area contributed by atoms with Crippen LogP contribution >= 0.6 is 23.2 Å². The molecule has 0 aliphatic rings. The summed E-state index contributed by atoms with van der Waals surface area (Å²) in [5, 5.41) is 0.883. The summed E-state index contributed by atoms with van der Waals surface area (Å²) in [4.78, 5) is 11.8. The molecule has 0 spiro atoms. The second-order valence-corrected chi connectivity index (χ2v) is 4.82. The number of hydrogen-bond donors (Lipinski definition) is 0. The SMILES string of the molecule is O=C(COc1ccccc1)Cc1cccc(Cl)c1Cl. The zero-order valence-corrected chi connectivity index (χ0v) is 11.6. The van der Waals surface area contributed by atoms with Gasteiger partial charge in [0, 0.05) is 6.42 Å². The second kappa shape index (κ2) is 6.60. The third-order valence-electron chi connectivity index (χ3n) is 2.56. The van der Waals surface area contributed by atoms with E-state index in [4.69, 9.17) is 27.9 Å². The molecule has 4 heteroatoms. The van der Waals surface area contributed by atoms with Crippen LogP contribution in [-0.4, -0.2) is 12.4 Å². The zero-order chi connectivity index (χ0) is 13.7. The van der Waals surface area contributed by atoms with E-state index in [9.17, 15) is 4.79 Å². The number of hydrogen-bond acceptors (Lipinski definition) is 2. The summed E-state index contributed by atoms with van der Waals surface area (Å²) in [5.41, 5.74) is 0.718. The maximum atomic E-state index is 11.8. The van der Waals surface area contributed by atoms with E-state index in [0.29, 0.717) is 15.8 Å². The molecule has 0 aliphatic carbocycles. The van der Waals surface area contributed by atoms with Crippen LogP contribution in [0.2, 0.25) is 10.0 Å². The third kappa shape index (κ3) is 3.98. The molecule has 2 aromatic carbocycles. The number of carbonyl (C=O) groups is 1. The molecule has 0 aliphatic heterocycles. The molecule has 0 radical (unpaired) electrons. The minimum Gasteiger partial charge on any atom is -0.486 e. The van der Waals surface area contributed by atoms with Crippen molar-refractivity contribution in [3.8, 4) is 5.75 Å². The molecule has 0 heterocycles. The first-order chi connectivity index (χ1) is 9.16. The maximum absolute atomic E-state index is 11.8. The van der Waals surface area contributed by atoms with Crippen LogP contribution in [0.5, 0.6) is 5.75 Å². The Morgan fingerprint density at radius 1 is 1.00 bits per heavy atom. The summed E-state index contributed by atoms with van der Waals surface area (Å²) in [7, 11) is 0. The highest BCUT2D eigenvalue weighted by Crippen LogP contribution is 2.25. The highest BCUT2D eigenvalue weighted by atomic mass is 35.5. The summed E-state index contributed by atoms with van der Waals surface area (Å²) < 4.78 is 5.38. The molecule has 0 bridgehead atoms. The molecule has 0 unspecified atom stereocenters. The predicted molar refractivity (Wildman–Crippen MR) is 77.1 cm³/mol. The van der Waals surface area contributed by atoms with Crippen molar-refractivity contribution in [2.75, 3.05) is 6.61 Å². The normalized spacial score (nSPS) is 10.2. The molecular weight excluding hydrogens is 283 g/mol. The molecule has 0 aromatic heterocycles. The summed E-state index contributed by atoms with van der Waals surface area (Å²) >= 11 is 11.9. The van der Waals surface area contributed by atoms with Crippen molar-refractivity contribution in [2.45, 2.75) is 6.42 Å². The van der Waals surface area contributed by atoms with Crippen LogP contribution in [-0.2, 0) is 11.2 Å². The Kier molecular flexibility index (Phi) is 4.83. The van der Waals surface area contributed by atoms with Gasteiger partial charge in [-0.25, -0.2) is 0 Å². The minimum absolute atomic E-state index is 0.0207. The van der Waals surface area contributed by atoms with Crippen molar-refractivity contribution < 1.29 is 9.53 Å². The summed E-state index contributed by atoms with van der Waals surface area (Å²) in [6.07, 6.45) is 0.215. The number of para-hydroxylation sites is 1. The molecule has 0 saturated carbocycles. The fraction of sp³-hybridized carbons (Fsp3) is 0.133. The Hall–Kier alpha value is -1.51. The van der Waals surface area contributed by atoms with E-state index in [1.54, 1.807) is 30.3 Å². The lowest BCUT2D eigenvalue weighted by atomic mass is 10.1. The van der Waals surface area contributed by atoms with Gasteiger partial charge in [-0.3, -0.25) is 4.79 Å². The van der Waals surface area contributed by atoms with Gasteiger partial charge in [0.05, 0.1) is 10.0 Å². The van der Waals surface area contributed by atoms with Crippen LogP contribution in [0.15, 0.2) is 48.5 Å². The molecule has 19 heavy (non-hydrogen) atoms. The van der Waals surface area contributed by atoms with E-state index < -0.39 is 0 Å². The number of halogens is 2. The minimum atomic E-state index is -0.0481. The van der Waals surface area contributed by atoms with Gasteiger partial charge in [-0.2, -0.15) is 0 Å². The van der Waals surface area contributed by atoms with Gasteiger partial charge in [0.1, 0.15) is 12.4 Å². The van der Waals surface area contributed by atoms with Gasteiger partial charge in [-0.15, -0.1) is 0 Å². The van der Waals surface area contributed by atoms with Crippen LogP contribution in [0, 0.1) is 0 Å². The van der Waals surface area contributed by atoms with E-state index >= 15 is 0 Å². The monoisotopic (exact) mass is 294 g/mol. The largest absolute Gasteiger partial charge is 0.486 e. The first kappa shape index (κ1) is 13.9. The summed E-state index contributed by atoms with van der Waals surface area (Å²) in [6, 6.07) is 14.5. The summed E-state index contributed by atoms with van der Waals surface area (Å²) in [6.45, 7) is 0.0207. The van der Waals surface area contributed by atoms with Crippen molar-refractivity contribution in [1.82, 2.24) is 0 Å². The number of rotatable bonds is 5. The lowest BCUT2D eigenvalue weighted by Gasteiger charge is -2.07. The van der Waals surface area contributed by atoms with Crippen LogP contribution in [0.4, 0.5) is 0 Å². The van der Waals surface area contributed by atoms with Crippen molar-refractivity contribution in [1.29, 1.82) is 0 Å². The second-order valence-electron chi connectivity index (χ2n) is 4.03. The molecule has 2 rings (SSSR count). The standard InChI is InChI=1S/C15H12Cl2O2/c16-14-8-4-5-11(15(14)17)9-12(18)10-19-13-6-2-1-3-7-13/h1-8H,9-10H2. The highest BCUT2D eigenvalue weighted by Gasteiger charge is 2.10. The Bertz CT molecular complexity index is 568. The number of Topliss-reactive ketones (excluding diaryl/α,β-unsaturated/α-hetero) is 1. The first-order valence-corrected chi connectivity index (χ1v) is 6.55. The number of benzene rings is 2. The number of ether oxygens (including phenoxy) is 1. The molecule has 98 valence electrons. The van der Waals surface area contributed by atoms with Crippen molar-refractivity contribution >= 4 is 29.0 Å². The Balaban J connectivity index is 1.93. The Morgan fingerprint density at radius 2 is 1.74 bits per heavy atom. The van der Waals surface area contributed by atoms with E-state index in [-0.39, 0.29) is 18.8 Å². The molecule has 2 aromatic rings. The number of ketones is 1. The van der Waals surface area contributed by atoms with E-state index in [1.165, 1.54) is 0 Å². The smallest absolute Gasteiger partial charge is 0.174 e. The van der Waals surface area contributed by atoms with Gasteiger partial charge in [-0.1, -0.05) is 53.5 Å².